The molecule has 2 heterocycles. The van der Waals surface area contributed by atoms with Gasteiger partial charge in [0.2, 0.25) is 0 Å². The zero-order valence-corrected chi connectivity index (χ0v) is 11.2. The van der Waals surface area contributed by atoms with Crippen molar-refractivity contribution in [1.82, 2.24) is 4.57 Å². The molecule has 0 bridgehead atoms. The summed E-state index contributed by atoms with van der Waals surface area (Å²) >= 11 is 3.56. The Morgan fingerprint density at radius 1 is 1.38 bits per heavy atom. The molecule has 0 saturated heterocycles. The zero-order chi connectivity index (χ0) is 11.1. The number of rotatable bonds is 2. The van der Waals surface area contributed by atoms with Crippen LogP contribution in [0.15, 0.2) is 18.2 Å². The number of para-hydroxylation sites is 1. The third kappa shape index (κ3) is 1.36. The Labute approximate surface area is 105 Å². The molecule has 1 aliphatic heterocycles. The first-order valence-corrected chi connectivity index (χ1v) is 7.10. The first-order chi connectivity index (χ1) is 7.83. The van der Waals surface area contributed by atoms with E-state index in [-0.39, 0.29) is 0 Å². The van der Waals surface area contributed by atoms with Crippen molar-refractivity contribution >= 4 is 26.8 Å². The van der Waals surface area contributed by atoms with E-state index in [1.165, 1.54) is 47.1 Å². The van der Waals surface area contributed by atoms with Gasteiger partial charge in [0.15, 0.2) is 0 Å². The Bertz CT molecular complexity index is 539. The van der Waals surface area contributed by atoms with Crippen LogP contribution in [0.25, 0.3) is 10.9 Å². The molecule has 1 nitrogen and oxygen atoms in total. The lowest BCUT2D eigenvalue weighted by Crippen LogP contribution is -2.08. The topological polar surface area (TPSA) is 4.93 Å². The molecule has 0 spiro atoms. The summed E-state index contributed by atoms with van der Waals surface area (Å²) in [6.45, 7) is 3.47. The fourth-order valence-electron chi connectivity index (χ4n) is 3.00. The summed E-state index contributed by atoms with van der Waals surface area (Å²) in [6.07, 6.45) is 3.67. The van der Waals surface area contributed by atoms with Crippen LogP contribution in [0.5, 0.6) is 0 Å². The molecule has 1 aromatic carbocycles. The minimum absolute atomic E-state index is 1.05. The highest BCUT2D eigenvalue weighted by molar-refractivity contribution is 9.09. The molecule has 0 N–H and O–H groups in total. The number of benzene rings is 1. The summed E-state index contributed by atoms with van der Waals surface area (Å²) in [5.41, 5.74) is 6.05. The molecule has 2 aromatic rings. The molecule has 1 aromatic heterocycles. The van der Waals surface area contributed by atoms with Crippen molar-refractivity contribution in [3.8, 4) is 0 Å². The number of aromatic nitrogens is 1. The highest BCUT2D eigenvalue weighted by Crippen LogP contribution is 2.32. The van der Waals surface area contributed by atoms with Crippen molar-refractivity contribution in [3.63, 3.8) is 0 Å². The summed E-state index contributed by atoms with van der Waals surface area (Å²) in [7, 11) is 0. The van der Waals surface area contributed by atoms with Gasteiger partial charge in [0.25, 0.3) is 0 Å². The standard InChI is InChI=1S/C14H16BrN/c1-10-12(7-8-15)13-6-2-4-11-5-3-9-16(10)14(11)13/h2,4,6H,3,5,7-9H2,1H3. The van der Waals surface area contributed by atoms with Crippen LogP contribution in [0.1, 0.15) is 23.2 Å². The van der Waals surface area contributed by atoms with Gasteiger partial charge < -0.3 is 4.57 Å². The first-order valence-electron chi connectivity index (χ1n) is 5.98. The molecule has 0 atom stereocenters. The van der Waals surface area contributed by atoms with Crippen LogP contribution < -0.4 is 0 Å². The number of nitrogens with zero attached hydrogens (tertiary/aromatic N) is 1. The monoisotopic (exact) mass is 277 g/mol. The maximum atomic E-state index is 3.56. The second-order valence-corrected chi connectivity index (χ2v) is 5.36. The molecule has 0 amide bonds. The molecular weight excluding hydrogens is 262 g/mol. The van der Waals surface area contributed by atoms with Gasteiger partial charge >= 0.3 is 0 Å². The van der Waals surface area contributed by atoms with E-state index in [4.69, 9.17) is 0 Å². The minimum atomic E-state index is 1.05. The van der Waals surface area contributed by atoms with Gasteiger partial charge in [0.05, 0.1) is 5.52 Å². The predicted octanol–water partition coefficient (Wildman–Crippen LogP) is 3.83. The summed E-state index contributed by atoms with van der Waals surface area (Å²) in [4.78, 5) is 0. The van der Waals surface area contributed by atoms with Gasteiger partial charge in [-0.2, -0.15) is 0 Å². The normalized spacial score (nSPS) is 14.6. The lowest BCUT2D eigenvalue weighted by molar-refractivity contribution is 0.621. The second-order valence-electron chi connectivity index (χ2n) is 4.57. The van der Waals surface area contributed by atoms with Gasteiger partial charge in [-0.25, -0.2) is 0 Å². The van der Waals surface area contributed by atoms with Crippen molar-refractivity contribution in [2.24, 2.45) is 0 Å². The molecule has 1 aliphatic rings. The number of halogens is 1. The number of hydrogen-bond acceptors (Lipinski definition) is 0. The predicted molar refractivity (Wildman–Crippen MR) is 72.5 cm³/mol. The number of alkyl halides is 1. The summed E-state index contributed by atoms with van der Waals surface area (Å²) in [5, 5.41) is 2.53. The van der Waals surface area contributed by atoms with Crippen molar-refractivity contribution in [3.05, 3.63) is 35.0 Å². The SMILES string of the molecule is Cc1c(CCBr)c2cccc3c2n1CCC3. The van der Waals surface area contributed by atoms with Crippen LogP contribution in [0, 0.1) is 6.92 Å². The molecule has 0 saturated carbocycles. The van der Waals surface area contributed by atoms with Crippen molar-refractivity contribution in [2.45, 2.75) is 32.7 Å². The maximum Gasteiger partial charge on any atom is 0.0517 e. The minimum Gasteiger partial charge on any atom is -0.344 e. The Morgan fingerprint density at radius 3 is 3.06 bits per heavy atom. The van der Waals surface area contributed by atoms with Gasteiger partial charge in [0.1, 0.15) is 0 Å². The van der Waals surface area contributed by atoms with Gasteiger partial charge in [0, 0.05) is 23.0 Å². The van der Waals surface area contributed by atoms with E-state index < -0.39 is 0 Å². The Kier molecular flexibility index (Phi) is 2.55. The average Bonchev–Trinajstić information content (AvgIpc) is 2.58. The van der Waals surface area contributed by atoms with Crippen LogP contribution in [0.4, 0.5) is 0 Å². The molecule has 2 heteroatoms. The van der Waals surface area contributed by atoms with Crippen LogP contribution in [0.2, 0.25) is 0 Å². The van der Waals surface area contributed by atoms with Crippen LogP contribution in [0.3, 0.4) is 0 Å². The first kappa shape index (κ1) is 10.4. The maximum absolute atomic E-state index is 3.56. The molecule has 0 radical (unpaired) electrons. The highest BCUT2D eigenvalue weighted by atomic mass is 79.9. The van der Waals surface area contributed by atoms with Crippen molar-refractivity contribution in [1.29, 1.82) is 0 Å². The van der Waals surface area contributed by atoms with Crippen LogP contribution in [-0.2, 0) is 19.4 Å². The third-order valence-electron chi connectivity index (χ3n) is 3.73. The Hall–Kier alpha value is -0.760. The van der Waals surface area contributed by atoms with Gasteiger partial charge in [-0.15, -0.1) is 0 Å². The van der Waals surface area contributed by atoms with Crippen LogP contribution >= 0.6 is 15.9 Å². The van der Waals surface area contributed by atoms with E-state index in [9.17, 15) is 0 Å². The van der Waals surface area contributed by atoms with E-state index in [0.717, 1.165) is 11.8 Å². The van der Waals surface area contributed by atoms with Gasteiger partial charge in [-0.3, -0.25) is 0 Å². The number of hydrogen-bond donors (Lipinski definition) is 0. The lowest BCUT2D eigenvalue weighted by atomic mass is 10.0. The molecule has 0 unspecified atom stereocenters. The van der Waals surface area contributed by atoms with Crippen molar-refractivity contribution in [2.75, 3.05) is 5.33 Å². The average molecular weight is 278 g/mol. The van der Waals surface area contributed by atoms with E-state index >= 15 is 0 Å². The fraction of sp³-hybridized carbons (Fsp3) is 0.429. The van der Waals surface area contributed by atoms with E-state index in [2.05, 4.69) is 45.6 Å². The molecular formula is C14H16BrN. The molecule has 0 aliphatic carbocycles. The summed E-state index contributed by atoms with van der Waals surface area (Å²) in [5.74, 6) is 0. The Morgan fingerprint density at radius 2 is 2.25 bits per heavy atom. The molecule has 16 heavy (non-hydrogen) atoms. The molecule has 84 valence electrons. The molecule has 0 fully saturated rings. The molecule has 3 rings (SSSR count). The second kappa shape index (κ2) is 3.92. The van der Waals surface area contributed by atoms with Crippen LogP contribution in [-0.4, -0.2) is 9.90 Å². The lowest BCUT2D eigenvalue weighted by Gasteiger charge is -2.16. The summed E-state index contributed by atoms with van der Waals surface area (Å²) in [6, 6.07) is 6.78. The van der Waals surface area contributed by atoms with E-state index in [0.29, 0.717) is 0 Å². The zero-order valence-electron chi connectivity index (χ0n) is 9.59. The van der Waals surface area contributed by atoms with E-state index in [1.54, 1.807) is 0 Å². The quantitative estimate of drug-likeness (QED) is 0.736. The largest absolute Gasteiger partial charge is 0.344 e. The summed E-state index contributed by atoms with van der Waals surface area (Å²) < 4.78 is 2.52. The van der Waals surface area contributed by atoms with Gasteiger partial charge in [-0.05, 0) is 37.3 Å². The van der Waals surface area contributed by atoms with Gasteiger partial charge in [-0.1, -0.05) is 34.1 Å². The third-order valence-corrected chi connectivity index (χ3v) is 4.13. The van der Waals surface area contributed by atoms with Crippen molar-refractivity contribution < 1.29 is 0 Å². The fourth-order valence-corrected chi connectivity index (χ4v) is 3.39. The highest BCUT2D eigenvalue weighted by Gasteiger charge is 2.18. The smallest absolute Gasteiger partial charge is 0.0517 e. The number of aryl methyl sites for hydroxylation is 3. The van der Waals surface area contributed by atoms with E-state index in [1.807, 2.05) is 0 Å². The Balaban J connectivity index is 2.36.